The van der Waals surface area contributed by atoms with Crippen molar-refractivity contribution in [2.45, 2.75) is 25.9 Å². The van der Waals surface area contributed by atoms with Crippen LogP contribution in [0.4, 0.5) is 0 Å². The first kappa shape index (κ1) is 22.9. The number of rotatable bonds is 14. The van der Waals surface area contributed by atoms with Gasteiger partial charge in [0.1, 0.15) is 0 Å². The predicted molar refractivity (Wildman–Crippen MR) is 82.4 cm³/mol. The van der Waals surface area contributed by atoms with Crippen LogP contribution in [0.3, 0.4) is 0 Å². The van der Waals surface area contributed by atoms with E-state index in [0.29, 0.717) is 26.1 Å². The molecule has 23 heavy (non-hydrogen) atoms. The summed E-state index contributed by atoms with van der Waals surface area (Å²) in [5, 5.41) is 0. The van der Waals surface area contributed by atoms with Crippen molar-refractivity contribution in [1.29, 1.82) is 0 Å². The van der Waals surface area contributed by atoms with Crippen LogP contribution in [0.1, 0.15) is 12.8 Å². The largest absolute Gasteiger partial charge is 0.392 e. The molecule has 0 heterocycles. The van der Waals surface area contributed by atoms with E-state index >= 15 is 0 Å². The Morgan fingerprint density at radius 1 is 0.696 bits per heavy atom. The molecule has 0 bridgehead atoms. The summed E-state index contributed by atoms with van der Waals surface area (Å²) in [5.74, 6) is 0. The molecule has 13 heteroatoms. The minimum absolute atomic E-state index is 0.152. The maximum atomic E-state index is 11.6. The van der Waals surface area contributed by atoms with E-state index in [1.54, 1.807) is 0 Å². The van der Waals surface area contributed by atoms with Crippen molar-refractivity contribution in [3.63, 3.8) is 0 Å². The lowest BCUT2D eigenvalue weighted by Gasteiger charge is -2.20. The topological polar surface area (TPSA) is 124 Å². The van der Waals surface area contributed by atoms with Gasteiger partial charge < -0.3 is 9.47 Å². The minimum Gasteiger partial charge on any atom is -0.385 e. The molecule has 0 saturated heterocycles. The smallest absolute Gasteiger partial charge is 0.385 e. The molecule has 0 aromatic carbocycles. The molecule has 0 radical (unpaired) electrons. The van der Waals surface area contributed by atoms with Gasteiger partial charge in [0, 0.05) is 27.4 Å². The maximum Gasteiger partial charge on any atom is 0.392 e. The molecule has 0 spiro atoms. The van der Waals surface area contributed by atoms with Crippen LogP contribution >= 0.6 is 0 Å². The Kier molecular flexibility index (Phi) is 10.6. The van der Waals surface area contributed by atoms with Gasteiger partial charge in [-0.3, -0.25) is 7.74 Å². The number of hydrogen-bond donors (Lipinski definition) is 0. The fraction of sp³-hybridized carbons (Fsp3) is 1.00. The van der Waals surface area contributed by atoms with E-state index in [-0.39, 0.29) is 13.2 Å². The third-order valence-corrected chi connectivity index (χ3v) is 7.80. The predicted octanol–water partition coefficient (Wildman–Crippen LogP) is 0.317. The highest BCUT2D eigenvalue weighted by molar-refractivity contribution is 7.84. The first-order valence-corrected chi connectivity index (χ1v) is 12.2. The number of ether oxygens (including phenoxy) is 2. The third-order valence-electron chi connectivity index (χ3n) is 2.05. The molecule has 0 aliphatic rings. The Bertz CT molecular complexity index is 470. The minimum atomic E-state index is -4.38. The van der Waals surface area contributed by atoms with Crippen molar-refractivity contribution in [2.24, 2.45) is 0 Å². The van der Waals surface area contributed by atoms with Crippen LogP contribution in [0.25, 0.3) is 0 Å². The highest BCUT2D eigenvalue weighted by Gasteiger charge is 2.38. The van der Waals surface area contributed by atoms with E-state index in [2.05, 4.69) is 8.37 Å². The van der Waals surface area contributed by atoms with Crippen molar-refractivity contribution in [3.8, 4) is 0 Å². The van der Waals surface area contributed by atoms with Crippen LogP contribution in [0.15, 0.2) is 0 Å². The number of hydrogen-bond acceptors (Lipinski definition) is 10. The molecule has 0 aromatic rings. The highest BCUT2D eigenvalue weighted by Crippen LogP contribution is 2.16. The molecule has 0 unspecified atom stereocenters. The van der Waals surface area contributed by atoms with Gasteiger partial charge >= 0.3 is 29.4 Å². The zero-order chi connectivity index (χ0) is 18.0. The van der Waals surface area contributed by atoms with Crippen LogP contribution in [0.5, 0.6) is 0 Å². The van der Waals surface area contributed by atoms with Gasteiger partial charge in [-0.25, -0.2) is 8.37 Å². The monoisotopic (exact) mass is 396 g/mol. The summed E-state index contributed by atoms with van der Waals surface area (Å²) in [7, 11) is -9.43. The van der Waals surface area contributed by atoms with Crippen LogP contribution in [0.2, 0.25) is 13.1 Å². The molecular formula is C10H24O10S2Si. The fourth-order valence-corrected chi connectivity index (χ4v) is 6.60. The molecule has 0 amide bonds. The average Bonchev–Trinajstić information content (AvgIpc) is 2.37. The van der Waals surface area contributed by atoms with E-state index in [1.807, 2.05) is 0 Å². The van der Waals surface area contributed by atoms with Crippen molar-refractivity contribution >= 4 is 29.4 Å². The van der Waals surface area contributed by atoms with Gasteiger partial charge in [0.25, 0.3) is 0 Å². The van der Waals surface area contributed by atoms with Crippen molar-refractivity contribution in [2.75, 3.05) is 40.6 Å². The maximum absolute atomic E-state index is 11.6. The molecule has 0 N–H and O–H groups in total. The summed E-state index contributed by atoms with van der Waals surface area (Å²) in [6, 6.07) is 0. The van der Waals surface area contributed by atoms with Gasteiger partial charge in [0.15, 0.2) is 0 Å². The van der Waals surface area contributed by atoms with Gasteiger partial charge in [-0.1, -0.05) is 0 Å². The van der Waals surface area contributed by atoms with Crippen molar-refractivity contribution in [3.05, 3.63) is 0 Å². The lowest BCUT2D eigenvalue weighted by Crippen LogP contribution is -2.40. The molecule has 10 nitrogen and oxygen atoms in total. The van der Waals surface area contributed by atoms with Crippen LogP contribution in [0, 0.1) is 0 Å². The zero-order valence-electron chi connectivity index (χ0n) is 13.6. The fourth-order valence-electron chi connectivity index (χ4n) is 1.28. The second-order valence-electron chi connectivity index (χ2n) is 4.72. The first-order chi connectivity index (χ1) is 10.5. The van der Waals surface area contributed by atoms with E-state index in [1.165, 1.54) is 27.3 Å². The molecule has 0 fully saturated rings. The third kappa shape index (κ3) is 12.9. The number of methoxy groups -OCH3 is 2. The summed E-state index contributed by atoms with van der Waals surface area (Å²) in [4.78, 5) is 0. The Morgan fingerprint density at radius 3 is 1.35 bits per heavy atom. The summed E-state index contributed by atoms with van der Waals surface area (Å²) in [6.45, 7) is 2.80. The molecule has 0 aliphatic heterocycles. The average molecular weight is 397 g/mol. The molecular weight excluding hydrogens is 372 g/mol. The lowest BCUT2D eigenvalue weighted by atomic mass is 10.5. The first-order valence-electron chi connectivity index (χ1n) is 6.71. The summed E-state index contributed by atoms with van der Waals surface area (Å²) in [5.41, 5.74) is 0. The molecule has 0 saturated carbocycles. The summed E-state index contributed by atoms with van der Waals surface area (Å²) < 4.78 is 74.5. The lowest BCUT2D eigenvalue weighted by molar-refractivity contribution is 0.164. The van der Waals surface area contributed by atoms with Crippen LogP contribution in [-0.2, 0) is 46.4 Å². The molecule has 140 valence electrons. The SMILES string of the molecule is COCCCOS(=O)(=O)O[Si](C)(C)OS(=O)(=O)OCCCOC. The molecule has 0 aliphatic carbocycles. The summed E-state index contributed by atoms with van der Waals surface area (Å²) in [6.07, 6.45) is 0.672. The van der Waals surface area contributed by atoms with E-state index in [0.717, 1.165) is 0 Å². The second-order valence-corrected chi connectivity index (χ2v) is 11.0. The Balaban J connectivity index is 4.44. The van der Waals surface area contributed by atoms with Gasteiger partial charge in [0.05, 0.1) is 13.2 Å². The zero-order valence-corrected chi connectivity index (χ0v) is 16.3. The van der Waals surface area contributed by atoms with Gasteiger partial charge in [-0.05, 0) is 25.9 Å². The Morgan fingerprint density at radius 2 is 1.04 bits per heavy atom. The molecule has 0 aromatic heterocycles. The van der Waals surface area contributed by atoms with Crippen molar-refractivity contribution < 1.29 is 42.4 Å². The van der Waals surface area contributed by atoms with E-state index in [4.69, 9.17) is 17.2 Å². The standard InChI is InChI=1S/C10H24O10S2Si/c1-15-7-5-9-17-21(11,12)19-23(3,4)20-22(13,14)18-10-6-8-16-2/h5-10H2,1-4H3. The Labute approximate surface area is 138 Å². The van der Waals surface area contributed by atoms with E-state index in [9.17, 15) is 16.8 Å². The Hall–Kier alpha value is -0.123. The summed E-state index contributed by atoms with van der Waals surface area (Å²) >= 11 is 0. The van der Waals surface area contributed by atoms with Crippen LogP contribution in [-0.4, -0.2) is 66.0 Å². The van der Waals surface area contributed by atoms with Gasteiger partial charge in [0.2, 0.25) is 0 Å². The second kappa shape index (κ2) is 10.7. The molecule has 0 rings (SSSR count). The van der Waals surface area contributed by atoms with Crippen molar-refractivity contribution in [1.82, 2.24) is 0 Å². The van der Waals surface area contributed by atoms with E-state index < -0.39 is 29.4 Å². The molecule has 0 atom stereocenters. The van der Waals surface area contributed by atoms with Crippen LogP contribution < -0.4 is 0 Å². The highest BCUT2D eigenvalue weighted by atomic mass is 32.3. The van der Waals surface area contributed by atoms with Gasteiger partial charge in [-0.15, -0.1) is 0 Å². The van der Waals surface area contributed by atoms with Gasteiger partial charge in [-0.2, -0.15) is 16.8 Å². The quantitative estimate of drug-likeness (QED) is 0.299. The normalized spacial score (nSPS) is 13.4.